The van der Waals surface area contributed by atoms with Gasteiger partial charge in [-0.2, -0.15) is 0 Å². The van der Waals surface area contributed by atoms with Crippen LogP contribution >= 0.6 is 11.8 Å². The summed E-state index contributed by atoms with van der Waals surface area (Å²) in [6, 6.07) is 10.7. The lowest BCUT2D eigenvalue weighted by Crippen LogP contribution is -1.92. The molecule has 0 aliphatic heterocycles. The Kier molecular flexibility index (Phi) is 4.26. The summed E-state index contributed by atoms with van der Waals surface area (Å²) in [6.45, 7) is 4.29. The van der Waals surface area contributed by atoms with Crippen LogP contribution in [0, 0.1) is 13.8 Å². The minimum absolute atomic E-state index is 0.912. The number of nitrogens with one attached hydrogen (secondary N) is 1. The highest BCUT2D eigenvalue weighted by atomic mass is 32.2. The summed E-state index contributed by atoms with van der Waals surface area (Å²) in [5, 5.41) is 3.03. The van der Waals surface area contributed by atoms with Gasteiger partial charge >= 0.3 is 0 Å². The van der Waals surface area contributed by atoms with E-state index in [1.54, 1.807) is 0 Å². The second-order valence-electron chi connectivity index (χ2n) is 4.36. The summed E-state index contributed by atoms with van der Waals surface area (Å²) in [4.78, 5) is 5.68. The Morgan fingerprint density at radius 3 is 2.67 bits per heavy atom. The Labute approximate surface area is 113 Å². The van der Waals surface area contributed by atoms with Gasteiger partial charge in [-0.1, -0.05) is 23.8 Å². The maximum atomic E-state index is 4.32. The van der Waals surface area contributed by atoms with Gasteiger partial charge in [-0.3, -0.25) is 0 Å². The summed E-state index contributed by atoms with van der Waals surface area (Å²) < 4.78 is 0. The second-order valence-corrected chi connectivity index (χ2v) is 5.38. The molecule has 1 heterocycles. The number of aryl methyl sites for hydroxylation is 2. The largest absolute Gasteiger partial charge is 0.373 e. The maximum absolute atomic E-state index is 4.32. The van der Waals surface area contributed by atoms with Crippen molar-refractivity contribution < 1.29 is 0 Å². The number of hydrogen-bond acceptors (Lipinski definition) is 3. The zero-order valence-electron chi connectivity index (χ0n) is 11.0. The summed E-state index contributed by atoms with van der Waals surface area (Å²) in [5.74, 6) is 1.87. The molecule has 0 saturated carbocycles. The summed E-state index contributed by atoms with van der Waals surface area (Å²) in [7, 11) is 1.88. The highest BCUT2D eigenvalue weighted by molar-refractivity contribution is 7.98. The van der Waals surface area contributed by atoms with Crippen molar-refractivity contribution in [3.63, 3.8) is 0 Å². The number of aromatic nitrogens is 1. The fraction of sp³-hybridized carbons (Fsp3) is 0.267. The smallest absolute Gasteiger partial charge is 0.125 e. The standard InChI is InChI=1S/C15H18N2S/c1-11-4-5-12(2)14(8-11)18-10-13-6-7-15(16-3)17-9-13/h4-9H,10H2,1-3H3,(H,16,17). The predicted molar refractivity (Wildman–Crippen MR) is 79.3 cm³/mol. The normalized spacial score (nSPS) is 10.4. The third kappa shape index (κ3) is 3.26. The van der Waals surface area contributed by atoms with E-state index in [1.807, 2.05) is 31.1 Å². The summed E-state index contributed by atoms with van der Waals surface area (Å²) in [5.41, 5.74) is 3.90. The molecule has 0 spiro atoms. The van der Waals surface area contributed by atoms with Crippen LogP contribution in [0.4, 0.5) is 5.82 Å². The molecule has 0 radical (unpaired) electrons. The van der Waals surface area contributed by atoms with E-state index in [0.29, 0.717) is 0 Å². The minimum Gasteiger partial charge on any atom is -0.373 e. The van der Waals surface area contributed by atoms with Gasteiger partial charge in [-0.05, 0) is 37.1 Å². The first kappa shape index (κ1) is 13.0. The quantitative estimate of drug-likeness (QED) is 0.838. The molecule has 1 aromatic carbocycles. The van der Waals surface area contributed by atoms with E-state index in [0.717, 1.165) is 11.6 Å². The first-order chi connectivity index (χ1) is 8.69. The molecule has 0 atom stereocenters. The number of rotatable bonds is 4. The van der Waals surface area contributed by atoms with Crippen LogP contribution in [0.1, 0.15) is 16.7 Å². The van der Waals surface area contributed by atoms with E-state index in [-0.39, 0.29) is 0 Å². The monoisotopic (exact) mass is 258 g/mol. The highest BCUT2D eigenvalue weighted by Gasteiger charge is 2.01. The molecule has 2 nitrogen and oxygen atoms in total. The van der Waals surface area contributed by atoms with Crippen molar-refractivity contribution in [3.05, 3.63) is 53.2 Å². The highest BCUT2D eigenvalue weighted by Crippen LogP contribution is 2.26. The number of hydrogen-bond donors (Lipinski definition) is 1. The van der Waals surface area contributed by atoms with Crippen LogP contribution in [0.3, 0.4) is 0 Å². The zero-order chi connectivity index (χ0) is 13.0. The average Bonchev–Trinajstić information content (AvgIpc) is 2.40. The van der Waals surface area contributed by atoms with Crippen LogP contribution in [0.2, 0.25) is 0 Å². The fourth-order valence-corrected chi connectivity index (χ4v) is 2.74. The van der Waals surface area contributed by atoms with Gasteiger partial charge in [0.25, 0.3) is 0 Å². The molecule has 0 bridgehead atoms. The number of thioether (sulfide) groups is 1. The van der Waals surface area contributed by atoms with Gasteiger partial charge in [-0.25, -0.2) is 4.98 Å². The molecule has 0 amide bonds. The molecule has 3 heteroatoms. The SMILES string of the molecule is CNc1ccc(CSc2cc(C)ccc2C)cn1. The van der Waals surface area contributed by atoms with E-state index < -0.39 is 0 Å². The molecule has 0 unspecified atom stereocenters. The topological polar surface area (TPSA) is 24.9 Å². The Morgan fingerprint density at radius 1 is 1.17 bits per heavy atom. The molecule has 94 valence electrons. The summed E-state index contributed by atoms with van der Waals surface area (Å²) >= 11 is 1.87. The molecule has 0 fully saturated rings. The van der Waals surface area contributed by atoms with Crippen LogP contribution < -0.4 is 5.32 Å². The summed E-state index contributed by atoms with van der Waals surface area (Å²) in [6.07, 6.45) is 1.93. The molecule has 0 saturated heterocycles. The van der Waals surface area contributed by atoms with Crippen LogP contribution in [0.15, 0.2) is 41.4 Å². The van der Waals surface area contributed by atoms with Crippen LogP contribution in [-0.2, 0) is 5.75 Å². The number of anilines is 1. The first-order valence-electron chi connectivity index (χ1n) is 6.02. The van der Waals surface area contributed by atoms with Crippen molar-refractivity contribution in [2.75, 3.05) is 12.4 Å². The Balaban J connectivity index is 2.04. The van der Waals surface area contributed by atoms with Gasteiger partial charge in [0.1, 0.15) is 5.82 Å². The van der Waals surface area contributed by atoms with Crippen molar-refractivity contribution in [1.82, 2.24) is 4.98 Å². The number of pyridine rings is 1. The Hall–Kier alpha value is -1.48. The molecule has 18 heavy (non-hydrogen) atoms. The third-order valence-electron chi connectivity index (χ3n) is 2.82. The Bertz CT molecular complexity index is 521. The van der Waals surface area contributed by atoms with Gasteiger partial charge in [0.15, 0.2) is 0 Å². The number of benzene rings is 1. The molecule has 2 rings (SSSR count). The van der Waals surface area contributed by atoms with E-state index in [4.69, 9.17) is 0 Å². The molecule has 1 N–H and O–H groups in total. The second kappa shape index (κ2) is 5.91. The van der Waals surface area contributed by atoms with Gasteiger partial charge in [0.2, 0.25) is 0 Å². The van der Waals surface area contributed by atoms with Crippen LogP contribution in [0.25, 0.3) is 0 Å². The Morgan fingerprint density at radius 2 is 2.00 bits per heavy atom. The lowest BCUT2D eigenvalue weighted by Gasteiger charge is -2.07. The van der Waals surface area contributed by atoms with E-state index in [1.165, 1.54) is 21.6 Å². The molecule has 2 aromatic rings. The molecule has 0 aliphatic rings. The number of nitrogens with zero attached hydrogens (tertiary/aromatic N) is 1. The van der Waals surface area contributed by atoms with E-state index in [2.05, 4.69) is 48.4 Å². The molecule has 1 aromatic heterocycles. The predicted octanol–water partition coefficient (Wildman–Crippen LogP) is 4.03. The van der Waals surface area contributed by atoms with Crippen LogP contribution in [-0.4, -0.2) is 12.0 Å². The maximum Gasteiger partial charge on any atom is 0.125 e. The zero-order valence-corrected chi connectivity index (χ0v) is 11.8. The van der Waals surface area contributed by atoms with Crippen molar-refractivity contribution in [3.8, 4) is 0 Å². The molecular formula is C15H18N2S. The van der Waals surface area contributed by atoms with Gasteiger partial charge in [-0.15, -0.1) is 11.8 Å². The average molecular weight is 258 g/mol. The molecular weight excluding hydrogens is 240 g/mol. The third-order valence-corrected chi connectivity index (χ3v) is 4.05. The van der Waals surface area contributed by atoms with Crippen molar-refractivity contribution in [2.24, 2.45) is 0 Å². The van der Waals surface area contributed by atoms with Crippen molar-refractivity contribution in [2.45, 2.75) is 24.5 Å². The van der Waals surface area contributed by atoms with E-state index in [9.17, 15) is 0 Å². The minimum atomic E-state index is 0.912. The van der Waals surface area contributed by atoms with Crippen molar-refractivity contribution >= 4 is 17.6 Å². The van der Waals surface area contributed by atoms with Gasteiger partial charge < -0.3 is 5.32 Å². The van der Waals surface area contributed by atoms with E-state index >= 15 is 0 Å². The van der Waals surface area contributed by atoms with Gasteiger partial charge in [0.05, 0.1) is 0 Å². The van der Waals surface area contributed by atoms with Gasteiger partial charge in [0, 0.05) is 23.9 Å². The first-order valence-corrected chi connectivity index (χ1v) is 7.00. The van der Waals surface area contributed by atoms with Crippen molar-refractivity contribution in [1.29, 1.82) is 0 Å². The fourth-order valence-electron chi connectivity index (χ4n) is 1.68. The lowest BCUT2D eigenvalue weighted by atomic mass is 10.2. The molecule has 0 aliphatic carbocycles. The van der Waals surface area contributed by atoms with Crippen LogP contribution in [0.5, 0.6) is 0 Å². The lowest BCUT2D eigenvalue weighted by molar-refractivity contribution is 1.22.